The molecule has 4 aliphatic rings. The first-order valence-electron chi connectivity index (χ1n) is 12.5. The highest BCUT2D eigenvalue weighted by Gasteiger charge is 2.65. The number of rotatable bonds is 6. The van der Waals surface area contributed by atoms with Crippen molar-refractivity contribution in [3.8, 4) is 0 Å². The Labute approximate surface area is 195 Å². The van der Waals surface area contributed by atoms with Gasteiger partial charge in [-0.3, -0.25) is 14.4 Å². The van der Waals surface area contributed by atoms with Crippen LogP contribution in [-0.2, 0) is 19.1 Å². The third kappa shape index (κ3) is 3.92. The molecule has 3 saturated carbocycles. The van der Waals surface area contributed by atoms with Gasteiger partial charge in [-0.25, -0.2) is 4.39 Å². The number of ether oxygens (including phenoxy) is 1. The van der Waals surface area contributed by atoms with Crippen molar-refractivity contribution in [1.29, 1.82) is 0 Å². The number of fused-ring (bicyclic) bond motifs is 5. The highest BCUT2D eigenvalue weighted by molar-refractivity contribution is 6.01. The van der Waals surface area contributed by atoms with Gasteiger partial charge in [-0.1, -0.05) is 40.2 Å². The molecule has 0 bridgehead atoms. The van der Waals surface area contributed by atoms with E-state index >= 15 is 4.39 Å². The molecule has 182 valence electrons. The molecule has 3 unspecified atom stereocenters. The molecule has 4 rings (SSSR count). The minimum Gasteiger partial charge on any atom is -0.458 e. The molecule has 6 heteroatoms. The second-order valence-electron chi connectivity index (χ2n) is 11.3. The number of hydrogen-bond donors (Lipinski definition) is 1. The molecule has 0 heterocycles. The predicted octanol–water partition coefficient (Wildman–Crippen LogP) is 4.38. The van der Waals surface area contributed by atoms with E-state index in [-0.39, 0.29) is 60.2 Å². The molecule has 0 aromatic rings. The van der Waals surface area contributed by atoms with Crippen molar-refractivity contribution < 1.29 is 28.6 Å². The number of unbranched alkanes of at least 4 members (excludes halogenated alkanes) is 1. The van der Waals surface area contributed by atoms with Crippen molar-refractivity contribution in [1.82, 2.24) is 0 Å². The summed E-state index contributed by atoms with van der Waals surface area (Å²) in [6.07, 6.45) is 6.20. The maximum Gasteiger partial charge on any atom is 0.306 e. The first-order chi connectivity index (χ1) is 15.5. The summed E-state index contributed by atoms with van der Waals surface area (Å²) in [5, 5.41) is 11.4. The molecule has 0 aliphatic heterocycles. The number of alkyl halides is 1. The van der Waals surface area contributed by atoms with Gasteiger partial charge >= 0.3 is 5.97 Å². The standard InChI is InChI=1S/C27H37FO5/c1-5-6-7-23(32)33-14-22(31)24-15(2)10-18-17-12-20(28)19-11-16(29)8-9-26(19,3)25(17)21(30)13-27(18,24)4/h8-9,11,15,17-18,20-21,24-25,30H,5-7,10,12-14H2,1-4H3/t15-,17?,18?,20+,21+,24-,25?,26+,27+/m1/s1. The molecule has 0 amide bonds. The fourth-order valence-corrected chi connectivity index (χ4v) is 8.02. The lowest BCUT2D eigenvalue weighted by molar-refractivity contribution is -0.155. The van der Waals surface area contributed by atoms with Crippen molar-refractivity contribution in [2.75, 3.05) is 6.61 Å². The Bertz CT molecular complexity index is 893. The third-order valence-electron chi connectivity index (χ3n) is 9.27. The van der Waals surface area contributed by atoms with Gasteiger partial charge in [0.05, 0.1) is 6.10 Å². The maximum absolute atomic E-state index is 15.4. The molecular formula is C27H37FO5. The van der Waals surface area contributed by atoms with Crippen LogP contribution in [0.15, 0.2) is 23.8 Å². The van der Waals surface area contributed by atoms with Crippen LogP contribution in [0.1, 0.15) is 66.2 Å². The van der Waals surface area contributed by atoms with E-state index in [0.29, 0.717) is 18.4 Å². The summed E-state index contributed by atoms with van der Waals surface area (Å²) in [6, 6.07) is 0. The number of halogens is 1. The molecule has 1 N–H and O–H groups in total. The van der Waals surface area contributed by atoms with Crippen molar-refractivity contribution >= 4 is 17.5 Å². The number of aliphatic hydroxyl groups excluding tert-OH is 1. The molecule has 0 radical (unpaired) electrons. The molecule has 33 heavy (non-hydrogen) atoms. The molecular weight excluding hydrogens is 423 g/mol. The fourth-order valence-electron chi connectivity index (χ4n) is 8.02. The molecule has 9 atom stereocenters. The van der Waals surface area contributed by atoms with Crippen LogP contribution in [0, 0.1) is 40.4 Å². The zero-order valence-electron chi connectivity index (χ0n) is 20.2. The Morgan fingerprint density at radius 2 is 2.00 bits per heavy atom. The fraction of sp³-hybridized carbons (Fsp3) is 0.741. The lowest BCUT2D eigenvalue weighted by Crippen LogP contribution is -2.58. The number of allylic oxidation sites excluding steroid dienone is 4. The summed E-state index contributed by atoms with van der Waals surface area (Å²) >= 11 is 0. The second-order valence-corrected chi connectivity index (χ2v) is 11.3. The van der Waals surface area contributed by atoms with E-state index in [9.17, 15) is 19.5 Å². The van der Waals surface area contributed by atoms with Gasteiger partial charge in [0.1, 0.15) is 12.8 Å². The van der Waals surface area contributed by atoms with Crippen LogP contribution >= 0.6 is 0 Å². The van der Waals surface area contributed by atoms with Crippen molar-refractivity contribution in [2.24, 2.45) is 40.4 Å². The zero-order chi connectivity index (χ0) is 24.1. The second kappa shape index (κ2) is 8.75. The maximum atomic E-state index is 15.4. The van der Waals surface area contributed by atoms with Gasteiger partial charge in [-0.15, -0.1) is 0 Å². The van der Waals surface area contributed by atoms with E-state index in [1.807, 2.05) is 13.8 Å². The van der Waals surface area contributed by atoms with Crippen molar-refractivity contribution in [3.63, 3.8) is 0 Å². The number of carbonyl (C=O) groups excluding carboxylic acids is 3. The molecule has 0 aromatic heterocycles. The average Bonchev–Trinajstić information content (AvgIpc) is 3.01. The van der Waals surface area contributed by atoms with Crippen molar-refractivity contribution in [2.45, 2.75) is 78.5 Å². The smallest absolute Gasteiger partial charge is 0.306 e. The number of aliphatic hydroxyl groups is 1. The summed E-state index contributed by atoms with van der Waals surface area (Å²) in [5.74, 6) is -1.08. The number of esters is 1. The zero-order valence-corrected chi connectivity index (χ0v) is 20.2. The molecule has 5 nitrogen and oxygen atoms in total. The summed E-state index contributed by atoms with van der Waals surface area (Å²) in [4.78, 5) is 37.1. The lowest BCUT2D eigenvalue weighted by atomic mass is 9.46. The highest BCUT2D eigenvalue weighted by Crippen LogP contribution is 2.67. The van der Waals surface area contributed by atoms with Gasteiger partial charge in [0.25, 0.3) is 0 Å². The van der Waals surface area contributed by atoms with E-state index in [4.69, 9.17) is 4.74 Å². The van der Waals surface area contributed by atoms with Crippen LogP contribution in [0.25, 0.3) is 0 Å². The van der Waals surface area contributed by atoms with E-state index in [2.05, 4.69) is 13.8 Å². The molecule has 0 aromatic carbocycles. The monoisotopic (exact) mass is 460 g/mol. The average molecular weight is 461 g/mol. The van der Waals surface area contributed by atoms with E-state index < -0.39 is 23.1 Å². The van der Waals surface area contributed by atoms with E-state index in [1.165, 1.54) is 12.2 Å². The topological polar surface area (TPSA) is 80.7 Å². The normalized spacial score (nSPS) is 43.9. The highest BCUT2D eigenvalue weighted by atomic mass is 19.1. The molecule has 4 aliphatic carbocycles. The van der Waals surface area contributed by atoms with Gasteiger partial charge in [-0.2, -0.15) is 0 Å². The minimum absolute atomic E-state index is 0.0686. The number of ketones is 2. The first-order valence-corrected chi connectivity index (χ1v) is 12.5. The molecule has 3 fully saturated rings. The van der Waals surface area contributed by atoms with Gasteiger partial charge in [-0.05, 0) is 66.6 Å². The molecule has 0 saturated heterocycles. The summed E-state index contributed by atoms with van der Waals surface area (Å²) in [5.41, 5.74) is -0.688. The predicted molar refractivity (Wildman–Crippen MR) is 122 cm³/mol. The molecule has 0 spiro atoms. The minimum atomic E-state index is -1.23. The quantitative estimate of drug-likeness (QED) is 0.595. The Balaban J connectivity index is 1.58. The lowest BCUT2D eigenvalue weighted by Gasteiger charge is -2.59. The van der Waals surface area contributed by atoms with Crippen LogP contribution in [0.4, 0.5) is 4.39 Å². The van der Waals surface area contributed by atoms with E-state index in [0.717, 1.165) is 19.3 Å². The Morgan fingerprint density at radius 1 is 1.27 bits per heavy atom. The summed E-state index contributed by atoms with van der Waals surface area (Å²) in [7, 11) is 0. The number of carbonyl (C=O) groups is 3. The van der Waals surface area contributed by atoms with Crippen molar-refractivity contribution in [3.05, 3.63) is 23.8 Å². The van der Waals surface area contributed by atoms with Gasteiger partial charge in [0.15, 0.2) is 11.6 Å². The van der Waals surface area contributed by atoms with Gasteiger partial charge in [0, 0.05) is 23.7 Å². The number of Topliss-reactive ketones (excluding diaryl/α,β-unsaturated/α-hetero) is 1. The van der Waals surface area contributed by atoms with Crippen LogP contribution < -0.4 is 0 Å². The van der Waals surface area contributed by atoms with Crippen LogP contribution in [0.3, 0.4) is 0 Å². The largest absolute Gasteiger partial charge is 0.458 e. The first kappa shape index (κ1) is 24.3. The van der Waals surface area contributed by atoms with Gasteiger partial charge < -0.3 is 9.84 Å². The summed E-state index contributed by atoms with van der Waals surface area (Å²) < 4.78 is 20.7. The van der Waals surface area contributed by atoms with E-state index in [1.54, 1.807) is 6.08 Å². The third-order valence-corrected chi connectivity index (χ3v) is 9.27. The van der Waals surface area contributed by atoms with Crippen LogP contribution in [0.2, 0.25) is 0 Å². The summed E-state index contributed by atoms with van der Waals surface area (Å²) in [6.45, 7) is 7.81. The Morgan fingerprint density at radius 3 is 2.70 bits per heavy atom. The van der Waals surface area contributed by atoms with Crippen LogP contribution in [-0.4, -0.2) is 41.5 Å². The number of hydrogen-bond acceptors (Lipinski definition) is 5. The SMILES string of the molecule is CCCCC(=O)OCC(=O)[C@H]1[C@H](C)CC2C3C[C@H](F)C4=CC(=O)C=C[C@]4(C)C3[C@@H](O)C[C@@]21C. The van der Waals surface area contributed by atoms with Crippen LogP contribution in [0.5, 0.6) is 0 Å². The Hall–Kier alpha value is -1.82. The Kier molecular flexibility index (Phi) is 6.45. The van der Waals surface area contributed by atoms with Gasteiger partial charge in [0.2, 0.25) is 0 Å².